The summed E-state index contributed by atoms with van der Waals surface area (Å²) in [5.41, 5.74) is 0. The summed E-state index contributed by atoms with van der Waals surface area (Å²) < 4.78 is 0. The molecule has 6 heteroatoms. The molecule has 0 aromatic carbocycles. The van der Waals surface area contributed by atoms with Crippen molar-refractivity contribution < 1.29 is 19.8 Å². The molecule has 1 saturated heterocycles. The highest BCUT2D eigenvalue weighted by Crippen LogP contribution is 2.16. The third-order valence-electron chi connectivity index (χ3n) is 3.08. The summed E-state index contributed by atoms with van der Waals surface area (Å²) in [7, 11) is 0. The number of carbonyl (C=O) groups excluding carboxylic acids is 1. The van der Waals surface area contributed by atoms with Crippen molar-refractivity contribution in [2.24, 2.45) is 5.92 Å². The zero-order chi connectivity index (χ0) is 12.8. The summed E-state index contributed by atoms with van der Waals surface area (Å²) in [6.07, 6.45) is 2.96. The summed E-state index contributed by atoms with van der Waals surface area (Å²) in [6, 6.07) is -1.62. The van der Waals surface area contributed by atoms with Crippen molar-refractivity contribution in [2.75, 3.05) is 19.7 Å². The Morgan fingerprint density at radius 2 is 2.12 bits per heavy atom. The number of rotatable bonds is 3. The number of hydrogen-bond donors (Lipinski definition) is 3. The van der Waals surface area contributed by atoms with Gasteiger partial charge in [-0.05, 0) is 25.2 Å². The monoisotopic (exact) mass is 244 g/mol. The standard InChI is InChI=1S/C11H20N2O4/c1-8-3-2-5-13(6-4-8)11(17)12-9(7-14)10(15)16/h8-9,14H,2-7H2,1H3,(H,12,17)(H,15,16)/t8?,9-/m1/s1. The quantitative estimate of drug-likeness (QED) is 0.664. The van der Waals surface area contributed by atoms with Crippen LogP contribution in [0.1, 0.15) is 26.2 Å². The van der Waals surface area contributed by atoms with Crippen molar-refractivity contribution in [1.29, 1.82) is 0 Å². The van der Waals surface area contributed by atoms with Crippen LogP contribution in [-0.2, 0) is 4.79 Å². The molecule has 3 N–H and O–H groups in total. The first-order chi connectivity index (χ1) is 8.04. The second kappa shape index (κ2) is 6.44. The maximum absolute atomic E-state index is 11.8. The van der Waals surface area contributed by atoms with E-state index in [2.05, 4.69) is 12.2 Å². The Morgan fingerprint density at radius 1 is 1.41 bits per heavy atom. The fourth-order valence-electron chi connectivity index (χ4n) is 1.89. The van der Waals surface area contributed by atoms with Gasteiger partial charge in [0.1, 0.15) is 0 Å². The van der Waals surface area contributed by atoms with E-state index < -0.39 is 24.6 Å². The number of aliphatic hydroxyl groups excluding tert-OH is 1. The van der Waals surface area contributed by atoms with E-state index in [9.17, 15) is 9.59 Å². The van der Waals surface area contributed by atoms with Gasteiger partial charge in [0.05, 0.1) is 6.61 Å². The molecule has 0 aromatic heterocycles. The molecular formula is C11H20N2O4. The Bertz CT molecular complexity index is 283. The van der Waals surface area contributed by atoms with E-state index in [0.29, 0.717) is 19.0 Å². The minimum atomic E-state index is -1.22. The van der Waals surface area contributed by atoms with Crippen LogP contribution in [0.3, 0.4) is 0 Å². The topological polar surface area (TPSA) is 89.9 Å². The van der Waals surface area contributed by atoms with Gasteiger partial charge in [0.15, 0.2) is 6.04 Å². The van der Waals surface area contributed by atoms with Crippen LogP contribution in [0.2, 0.25) is 0 Å². The number of nitrogens with one attached hydrogen (secondary N) is 1. The summed E-state index contributed by atoms with van der Waals surface area (Å²) in [6.45, 7) is 2.85. The van der Waals surface area contributed by atoms with Gasteiger partial charge in [-0.1, -0.05) is 6.92 Å². The third kappa shape index (κ3) is 4.22. The molecule has 1 aliphatic rings. The molecule has 0 aromatic rings. The van der Waals surface area contributed by atoms with Crippen LogP contribution in [-0.4, -0.2) is 52.9 Å². The van der Waals surface area contributed by atoms with Crippen molar-refractivity contribution in [3.05, 3.63) is 0 Å². The van der Waals surface area contributed by atoms with Crippen molar-refractivity contribution >= 4 is 12.0 Å². The third-order valence-corrected chi connectivity index (χ3v) is 3.08. The smallest absolute Gasteiger partial charge is 0.328 e. The maximum atomic E-state index is 11.8. The highest BCUT2D eigenvalue weighted by Gasteiger charge is 2.23. The summed E-state index contributed by atoms with van der Waals surface area (Å²) >= 11 is 0. The Balaban J connectivity index is 2.48. The molecule has 2 atom stereocenters. The van der Waals surface area contributed by atoms with E-state index in [4.69, 9.17) is 10.2 Å². The average molecular weight is 244 g/mol. The molecule has 0 aliphatic carbocycles. The first-order valence-electron chi connectivity index (χ1n) is 5.93. The van der Waals surface area contributed by atoms with Crippen molar-refractivity contribution in [1.82, 2.24) is 10.2 Å². The fourth-order valence-corrected chi connectivity index (χ4v) is 1.89. The summed E-state index contributed by atoms with van der Waals surface area (Å²) in [5.74, 6) is -0.620. The molecule has 0 bridgehead atoms. The molecular weight excluding hydrogens is 224 g/mol. The Hall–Kier alpha value is -1.30. The van der Waals surface area contributed by atoms with E-state index in [1.165, 1.54) is 0 Å². The average Bonchev–Trinajstić information content (AvgIpc) is 2.50. The second-order valence-corrected chi connectivity index (χ2v) is 4.55. The molecule has 2 amide bonds. The number of carboxylic acid groups (broad SMARTS) is 1. The molecule has 1 unspecified atom stereocenters. The van der Waals surface area contributed by atoms with Gasteiger partial charge in [0.2, 0.25) is 0 Å². The predicted molar refractivity (Wildman–Crippen MR) is 61.6 cm³/mol. The molecule has 1 heterocycles. The Kier molecular flexibility index (Phi) is 5.21. The lowest BCUT2D eigenvalue weighted by Gasteiger charge is -2.23. The first-order valence-corrected chi connectivity index (χ1v) is 5.93. The predicted octanol–water partition coefficient (Wildman–Crippen LogP) is 0.263. The van der Waals surface area contributed by atoms with Crippen LogP contribution >= 0.6 is 0 Å². The van der Waals surface area contributed by atoms with E-state index in [1.807, 2.05) is 0 Å². The molecule has 0 spiro atoms. The number of carbonyl (C=O) groups is 2. The Morgan fingerprint density at radius 3 is 2.71 bits per heavy atom. The highest BCUT2D eigenvalue weighted by molar-refractivity contribution is 5.82. The van der Waals surface area contributed by atoms with E-state index in [0.717, 1.165) is 19.3 Å². The minimum absolute atomic E-state index is 0.402. The number of carboxylic acids is 1. The SMILES string of the molecule is CC1CCCN(C(=O)N[C@H](CO)C(=O)O)CC1. The van der Waals surface area contributed by atoms with Crippen molar-refractivity contribution in [3.8, 4) is 0 Å². The van der Waals surface area contributed by atoms with Gasteiger partial charge < -0.3 is 20.4 Å². The van der Waals surface area contributed by atoms with E-state index in [1.54, 1.807) is 4.90 Å². The van der Waals surface area contributed by atoms with Crippen LogP contribution in [0.15, 0.2) is 0 Å². The molecule has 1 fully saturated rings. The van der Waals surface area contributed by atoms with Crippen LogP contribution in [0, 0.1) is 5.92 Å². The molecule has 98 valence electrons. The van der Waals surface area contributed by atoms with Gasteiger partial charge in [-0.3, -0.25) is 0 Å². The largest absolute Gasteiger partial charge is 0.480 e. The van der Waals surface area contributed by atoms with Gasteiger partial charge >= 0.3 is 12.0 Å². The molecule has 6 nitrogen and oxygen atoms in total. The highest BCUT2D eigenvalue weighted by atomic mass is 16.4. The van der Waals surface area contributed by atoms with Crippen molar-refractivity contribution in [3.63, 3.8) is 0 Å². The van der Waals surface area contributed by atoms with Gasteiger partial charge in [-0.2, -0.15) is 0 Å². The lowest BCUT2D eigenvalue weighted by atomic mass is 10.0. The van der Waals surface area contributed by atoms with Crippen LogP contribution in [0.5, 0.6) is 0 Å². The lowest BCUT2D eigenvalue weighted by molar-refractivity contribution is -0.140. The lowest BCUT2D eigenvalue weighted by Crippen LogP contribution is -2.49. The number of amides is 2. The van der Waals surface area contributed by atoms with E-state index >= 15 is 0 Å². The van der Waals surface area contributed by atoms with E-state index in [-0.39, 0.29) is 0 Å². The first kappa shape index (κ1) is 13.8. The molecule has 1 aliphatic heterocycles. The van der Waals surface area contributed by atoms with Crippen LogP contribution in [0.4, 0.5) is 4.79 Å². The molecule has 17 heavy (non-hydrogen) atoms. The molecule has 0 radical (unpaired) electrons. The number of aliphatic carboxylic acids is 1. The summed E-state index contributed by atoms with van der Waals surface area (Å²) in [4.78, 5) is 24.1. The van der Waals surface area contributed by atoms with Gasteiger partial charge in [-0.25, -0.2) is 9.59 Å². The van der Waals surface area contributed by atoms with Crippen LogP contribution < -0.4 is 5.32 Å². The normalized spacial score (nSPS) is 22.7. The second-order valence-electron chi connectivity index (χ2n) is 4.55. The van der Waals surface area contributed by atoms with Gasteiger partial charge in [0.25, 0.3) is 0 Å². The summed E-state index contributed by atoms with van der Waals surface area (Å²) in [5, 5.41) is 19.9. The van der Waals surface area contributed by atoms with Gasteiger partial charge in [-0.15, -0.1) is 0 Å². The molecule has 0 saturated carbocycles. The van der Waals surface area contributed by atoms with Gasteiger partial charge in [0, 0.05) is 13.1 Å². The number of hydrogen-bond acceptors (Lipinski definition) is 3. The van der Waals surface area contributed by atoms with Crippen molar-refractivity contribution in [2.45, 2.75) is 32.2 Å². The van der Waals surface area contributed by atoms with Crippen LogP contribution in [0.25, 0.3) is 0 Å². The molecule has 1 rings (SSSR count). The number of aliphatic hydroxyl groups is 1. The number of likely N-dealkylation sites (tertiary alicyclic amines) is 1. The minimum Gasteiger partial charge on any atom is -0.480 e. The zero-order valence-corrected chi connectivity index (χ0v) is 10.1. The Labute approximate surface area is 101 Å². The number of nitrogens with zero attached hydrogens (tertiary/aromatic N) is 1. The maximum Gasteiger partial charge on any atom is 0.328 e. The number of urea groups is 1. The fraction of sp³-hybridized carbons (Fsp3) is 0.818. The zero-order valence-electron chi connectivity index (χ0n) is 10.1.